The number of halogens is 1. The fourth-order valence-corrected chi connectivity index (χ4v) is 4.06. The van der Waals surface area contributed by atoms with Crippen LogP contribution in [-0.2, 0) is 12.8 Å². The smallest absolute Gasteiger partial charge is 0.0528 e. The zero-order valence-electron chi connectivity index (χ0n) is 15.7. The van der Waals surface area contributed by atoms with Crippen LogP contribution in [0.2, 0.25) is 5.02 Å². The van der Waals surface area contributed by atoms with Gasteiger partial charge in [0.15, 0.2) is 0 Å². The minimum Gasteiger partial charge on any atom is -0.320 e. The Labute approximate surface area is 160 Å². The van der Waals surface area contributed by atoms with E-state index < -0.39 is 0 Å². The van der Waals surface area contributed by atoms with Gasteiger partial charge in [-0.3, -0.25) is 0 Å². The Hall–Kier alpha value is -2.03. The minimum atomic E-state index is 0.778. The second-order valence-electron chi connectivity index (χ2n) is 7.44. The quantitative estimate of drug-likeness (QED) is 0.570. The number of aromatic nitrogens is 1. The Morgan fingerprint density at radius 3 is 2.54 bits per heavy atom. The van der Waals surface area contributed by atoms with Crippen molar-refractivity contribution in [1.29, 1.82) is 0 Å². The van der Waals surface area contributed by atoms with E-state index in [0.29, 0.717) is 0 Å². The first-order chi connectivity index (χ1) is 12.5. The molecule has 0 radical (unpaired) electrons. The van der Waals surface area contributed by atoms with Gasteiger partial charge in [-0.15, -0.1) is 0 Å². The van der Waals surface area contributed by atoms with Gasteiger partial charge in [0.2, 0.25) is 0 Å². The highest BCUT2D eigenvalue weighted by Crippen LogP contribution is 2.31. The van der Waals surface area contributed by atoms with E-state index in [9.17, 15) is 0 Å². The van der Waals surface area contributed by atoms with E-state index in [4.69, 9.17) is 11.6 Å². The van der Waals surface area contributed by atoms with Crippen LogP contribution < -0.4 is 0 Å². The Bertz CT molecular complexity index is 980. The Morgan fingerprint density at radius 1 is 1.04 bits per heavy atom. The molecule has 4 rings (SSSR count). The topological polar surface area (TPSA) is 8.17 Å². The van der Waals surface area contributed by atoms with Gasteiger partial charge in [0, 0.05) is 41.8 Å². The summed E-state index contributed by atoms with van der Waals surface area (Å²) in [4.78, 5) is 2.43. The summed E-state index contributed by atoms with van der Waals surface area (Å²) in [6.45, 7) is 6.59. The lowest BCUT2D eigenvalue weighted by Crippen LogP contribution is -2.21. The van der Waals surface area contributed by atoms with Crippen LogP contribution in [0.3, 0.4) is 0 Å². The van der Waals surface area contributed by atoms with Crippen molar-refractivity contribution in [2.45, 2.75) is 26.7 Å². The highest BCUT2D eigenvalue weighted by molar-refractivity contribution is 6.30. The summed E-state index contributed by atoms with van der Waals surface area (Å²) in [5.41, 5.74) is 8.09. The van der Waals surface area contributed by atoms with Crippen LogP contribution in [0.1, 0.15) is 29.3 Å². The number of rotatable bonds is 2. The van der Waals surface area contributed by atoms with E-state index in [-0.39, 0.29) is 0 Å². The number of aryl methyl sites for hydroxylation is 1. The van der Waals surface area contributed by atoms with E-state index in [0.717, 1.165) is 31.0 Å². The molecule has 0 spiro atoms. The molecular formula is C23H25ClN2. The predicted molar refractivity (Wildman–Crippen MR) is 113 cm³/mol. The van der Waals surface area contributed by atoms with Crippen molar-refractivity contribution in [3.05, 3.63) is 69.9 Å². The van der Waals surface area contributed by atoms with Gasteiger partial charge in [-0.1, -0.05) is 35.4 Å². The van der Waals surface area contributed by atoms with Gasteiger partial charge in [-0.25, -0.2) is 0 Å². The fraction of sp³-hybridized carbons (Fsp3) is 0.304. The van der Waals surface area contributed by atoms with Crippen molar-refractivity contribution >= 4 is 34.3 Å². The largest absolute Gasteiger partial charge is 0.320 e. The van der Waals surface area contributed by atoms with Crippen LogP contribution >= 0.6 is 11.6 Å². The molecule has 0 bridgehead atoms. The number of fused-ring (bicyclic) bond motifs is 3. The molecule has 0 saturated heterocycles. The van der Waals surface area contributed by atoms with Crippen LogP contribution in [0.25, 0.3) is 22.7 Å². The van der Waals surface area contributed by atoms with Crippen molar-refractivity contribution in [2.75, 3.05) is 20.1 Å². The monoisotopic (exact) mass is 364 g/mol. The van der Waals surface area contributed by atoms with Crippen molar-refractivity contribution < 1.29 is 0 Å². The zero-order valence-corrected chi connectivity index (χ0v) is 16.5. The van der Waals surface area contributed by atoms with Crippen molar-refractivity contribution in [1.82, 2.24) is 9.47 Å². The summed E-state index contributed by atoms with van der Waals surface area (Å²) in [5.74, 6) is 0. The Morgan fingerprint density at radius 2 is 1.77 bits per heavy atom. The van der Waals surface area contributed by atoms with Crippen LogP contribution in [0.4, 0.5) is 0 Å². The van der Waals surface area contributed by atoms with Crippen molar-refractivity contribution in [3.63, 3.8) is 0 Å². The summed E-state index contributed by atoms with van der Waals surface area (Å²) in [5, 5.41) is 2.19. The van der Waals surface area contributed by atoms with E-state index in [1.807, 2.05) is 12.1 Å². The molecule has 0 aliphatic carbocycles. The molecule has 2 heterocycles. The molecule has 1 aliphatic rings. The molecule has 0 N–H and O–H groups in total. The molecule has 3 aromatic rings. The third-order valence-electron chi connectivity index (χ3n) is 5.47. The number of hydrogen-bond donors (Lipinski definition) is 0. The molecule has 2 aromatic carbocycles. The molecule has 0 amide bonds. The Balaban J connectivity index is 1.89. The average molecular weight is 365 g/mol. The lowest BCUT2D eigenvalue weighted by atomic mass is 10.1. The molecule has 1 aromatic heterocycles. The third kappa shape index (κ3) is 3.20. The molecule has 0 unspecified atom stereocenters. The molecular weight excluding hydrogens is 340 g/mol. The van der Waals surface area contributed by atoms with E-state index in [2.05, 4.69) is 66.9 Å². The van der Waals surface area contributed by atoms with Crippen molar-refractivity contribution in [3.8, 4) is 0 Å². The van der Waals surface area contributed by atoms with Crippen LogP contribution in [0, 0.1) is 6.92 Å². The van der Waals surface area contributed by atoms with Gasteiger partial charge in [0.1, 0.15) is 0 Å². The lowest BCUT2D eigenvalue weighted by molar-refractivity contribution is 0.351. The van der Waals surface area contributed by atoms with Crippen LogP contribution in [0.15, 0.2) is 42.5 Å². The first-order valence-electron chi connectivity index (χ1n) is 9.28. The van der Waals surface area contributed by atoms with E-state index >= 15 is 0 Å². The number of allylic oxidation sites excluding steroid dienone is 1. The first kappa shape index (κ1) is 17.4. The molecule has 26 heavy (non-hydrogen) atoms. The van der Waals surface area contributed by atoms with Gasteiger partial charge in [0.25, 0.3) is 0 Å². The maximum Gasteiger partial charge on any atom is 0.0528 e. The van der Waals surface area contributed by atoms with Crippen LogP contribution in [-0.4, -0.2) is 29.6 Å². The maximum atomic E-state index is 6.05. The third-order valence-corrected chi connectivity index (χ3v) is 5.72. The molecule has 134 valence electrons. The van der Waals surface area contributed by atoms with Gasteiger partial charge >= 0.3 is 0 Å². The Kier molecular flexibility index (Phi) is 4.64. The highest BCUT2D eigenvalue weighted by atomic mass is 35.5. The molecule has 0 saturated carbocycles. The number of hydrogen-bond acceptors (Lipinski definition) is 1. The summed E-state index contributed by atoms with van der Waals surface area (Å²) >= 11 is 6.05. The van der Waals surface area contributed by atoms with Gasteiger partial charge in [-0.2, -0.15) is 0 Å². The number of likely N-dealkylation sites (N-methyl/N-ethyl adjacent to an activating group) is 1. The SMILES string of the molecule is C/C(=C\n1c2c(c3cc(C)ccc31)CCN(C)CC2)c1ccc(Cl)cc1. The van der Waals surface area contributed by atoms with Gasteiger partial charge < -0.3 is 9.47 Å². The summed E-state index contributed by atoms with van der Waals surface area (Å²) < 4.78 is 2.42. The molecule has 0 fully saturated rings. The average Bonchev–Trinajstić information content (AvgIpc) is 2.76. The standard InChI is InChI=1S/C23H25ClN2/c1-16-4-9-22-21(14-16)20-10-12-25(3)13-11-23(20)26(22)15-17(2)18-5-7-19(24)8-6-18/h4-9,14-15H,10-13H2,1-3H3/b17-15+. The maximum absolute atomic E-state index is 6.05. The fourth-order valence-electron chi connectivity index (χ4n) is 3.94. The van der Waals surface area contributed by atoms with Gasteiger partial charge in [-0.05, 0) is 68.3 Å². The van der Waals surface area contributed by atoms with Crippen molar-refractivity contribution in [2.24, 2.45) is 0 Å². The molecule has 0 atom stereocenters. The second-order valence-corrected chi connectivity index (χ2v) is 7.87. The highest BCUT2D eigenvalue weighted by Gasteiger charge is 2.20. The van der Waals surface area contributed by atoms with Crippen LogP contribution in [0.5, 0.6) is 0 Å². The molecule has 3 heteroatoms. The van der Waals surface area contributed by atoms with E-state index in [1.165, 1.54) is 38.9 Å². The number of nitrogens with zero attached hydrogens (tertiary/aromatic N) is 2. The summed E-state index contributed by atoms with van der Waals surface area (Å²) in [6.07, 6.45) is 4.50. The first-order valence-corrected chi connectivity index (χ1v) is 9.66. The lowest BCUT2D eigenvalue weighted by Gasteiger charge is -2.13. The molecule has 2 nitrogen and oxygen atoms in total. The normalized spacial score (nSPS) is 15.9. The second kappa shape index (κ2) is 6.94. The minimum absolute atomic E-state index is 0.778. The summed E-state index contributed by atoms with van der Waals surface area (Å²) in [6, 6.07) is 14.9. The number of benzene rings is 2. The predicted octanol–water partition coefficient (Wildman–Crippen LogP) is 5.65. The van der Waals surface area contributed by atoms with E-state index in [1.54, 1.807) is 0 Å². The zero-order chi connectivity index (χ0) is 18.3. The van der Waals surface area contributed by atoms with Gasteiger partial charge in [0.05, 0.1) is 5.52 Å². The summed E-state index contributed by atoms with van der Waals surface area (Å²) in [7, 11) is 2.22. The molecule has 1 aliphatic heterocycles.